The molecule has 0 aliphatic carbocycles. The van der Waals surface area contributed by atoms with Crippen LogP contribution in [0.15, 0.2) is 48.5 Å². The van der Waals surface area contributed by atoms with E-state index in [1.807, 2.05) is 49.4 Å². The molecule has 40 heavy (non-hydrogen) atoms. The highest BCUT2D eigenvalue weighted by atomic mass is 16.5. The number of nitrogens with zero attached hydrogens (tertiary/aromatic N) is 1. The number of carbonyl (C=O) groups excluding carboxylic acids is 1. The van der Waals surface area contributed by atoms with Crippen LogP contribution < -0.4 is 14.8 Å². The highest BCUT2D eigenvalue weighted by molar-refractivity contribution is 5.98. The Morgan fingerprint density at radius 3 is 1.93 bits per heavy atom. The van der Waals surface area contributed by atoms with Crippen molar-refractivity contribution in [3.63, 3.8) is 0 Å². The highest BCUT2D eigenvalue weighted by Crippen LogP contribution is 2.28. The van der Waals surface area contributed by atoms with Crippen LogP contribution in [-0.2, 0) is 0 Å². The third kappa shape index (κ3) is 6.42. The summed E-state index contributed by atoms with van der Waals surface area (Å²) >= 11 is 0. The Hall–Kier alpha value is -3.98. The molecule has 2 bridgehead atoms. The average molecular weight is 547 g/mol. The van der Waals surface area contributed by atoms with E-state index in [1.165, 1.54) is 25.9 Å². The molecule has 2 aromatic carbocycles. The van der Waals surface area contributed by atoms with Gasteiger partial charge < -0.3 is 34.8 Å². The van der Waals surface area contributed by atoms with Crippen LogP contribution >= 0.6 is 0 Å². The normalized spacial score (nSPS) is 19.7. The number of carbonyl (C=O) groups is 2. The maximum atomic E-state index is 12.6. The predicted octanol–water partition coefficient (Wildman–Crippen LogP) is 5.44. The Labute approximate surface area is 233 Å². The molecule has 1 unspecified atom stereocenters. The number of carboxylic acids is 1. The standard InChI is InChI=1S/C19H25N3O2.C12H13NO3/c1-2-9-24-15-4-3-14-10-17(20-16(14)11-15)19(23)21-18-12-22-7-5-13(18)6-8-22;1-2-5-16-9-4-3-8-6-11(12(14)15)13-10(8)7-9/h3-4,10-11,13,18,20H,2,5-9,12H2,1H3,(H,21,23);3-4,6-7,13H,2,5H2,1H3,(H,14,15). The van der Waals surface area contributed by atoms with Gasteiger partial charge in [-0.3, -0.25) is 4.79 Å². The summed E-state index contributed by atoms with van der Waals surface area (Å²) in [4.78, 5) is 31.9. The number of H-pyrrole nitrogens is 2. The Balaban J connectivity index is 0.000000176. The first-order valence-electron chi connectivity index (χ1n) is 14.2. The van der Waals surface area contributed by atoms with Crippen molar-refractivity contribution in [3.05, 3.63) is 59.9 Å². The Bertz CT molecular complexity index is 1470. The molecule has 0 saturated carbocycles. The fraction of sp³-hybridized carbons (Fsp3) is 0.419. The zero-order valence-corrected chi connectivity index (χ0v) is 23.2. The average Bonchev–Trinajstić information content (AvgIpc) is 3.60. The number of aromatic carboxylic acids is 1. The van der Waals surface area contributed by atoms with Crippen molar-refractivity contribution in [2.75, 3.05) is 32.8 Å². The van der Waals surface area contributed by atoms with Crippen molar-refractivity contribution in [1.29, 1.82) is 0 Å². The van der Waals surface area contributed by atoms with Gasteiger partial charge in [0.15, 0.2) is 0 Å². The fourth-order valence-corrected chi connectivity index (χ4v) is 5.44. The maximum Gasteiger partial charge on any atom is 0.352 e. The molecule has 0 radical (unpaired) electrons. The molecule has 3 aliphatic heterocycles. The molecule has 0 spiro atoms. The van der Waals surface area contributed by atoms with Crippen LogP contribution in [0.4, 0.5) is 0 Å². The van der Waals surface area contributed by atoms with Gasteiger partial charge in [0.2, 0.25) is 0 Å². The van der Waals surface area contributed by atoms with Crippen molar-refractivity contribution >= 4 is 33.7 Å². The Kier molecular flexibility index (Phi) is 8.60. The summed E-state index contributed by atoms with van der Waals surface area (Å²) in [6, 6.07) is 15.3. The largest absolute Gasteiger partial charge is 0.494 e. The smallest absolute Gasteiger partial charge is 0.352 e. The lowest BCUT2D eigenvalue weighted by Crippen LogP contribution is -2.57. The minimum Gasteiger partial charge on any atom is -0.494 e. The highest BCUT2D eigenvalue weighted by Gasteiger charge is 2.35. The lowest BCUT2D eigenvalue weighted by molar-refractivity contribution is 0.0618. The Morgan fingerprint density at radius 2 is 1.43 bits per heavy atom. The number of aromatic nitrogens is 2. The fourth-order valence-electron chi connectivity index (χ4n) is 5.44. The molecule has 5 heterocycles. The predicted molar refractivity (Wildman–Crippen MR) is 156 cm³/mol. The zero-order chi connectivity index (χ0) is 28.1. The lowest BCUT2D eigenvalue weighted by Gasteiger charge is -2.44. The minimum atomic E-state index is -0.952. The maximum absolute atomic E-state index is 12.6. The summed E-state index contributed by atoms with van der Waals surface area (Å²) in [6.45, 7) is 8.86. The second kappa shape index (κ2) is 12.5. The first kappa shape index (κ1) is 27.6. The van der Waals surface area contributed by atoms with Crippen LogP contribution in [0.3, 0.4) is 0 Å². The van der Waals surface area contributed by atoms with E-state index in [1.54, 1.807) is 6.07 Å². The molecule has 3 saturated heterocycles. The number of ether oxygens (including phenoxy) is 2. The van der Waals surface area contributed by atoms with E-state index < -0.39 is 5.97 Å². The van der Waals surface area contributed by atoms with Gasteiger partial charge in [0.05, 0.1) is 13.2 Å². The molecule has 4 N–H and O–H groups in total. The third-order valence-corrected chi connectivity index (χ3v) is 7.58. The summed E-state index contributed by atoms with van der Waals surface area (Å²) in [6.07, 6.45) is 4.34. The number of benzene rings is 2. The van der Waals surface area contributed by atoms with Gasteiger partial charge in [-0.2, -0.15) is 0 Å². The summed E-state index contributed by atoms with van der Waals surface area (Å²) in [7, 11) is 0. The van der Waals surface area contributed by atoms with E-state index in [9.17, 15) is 9.59 Å². The van der Waals surface area contributed by atoms with Gasteiger partial charge in [-0.15, -0.1) is 0 Å². The summed E-state index contributed by atoms with van der Waals surface area (Å²) in [5, 5.41) is 14.0. The van der Waals surface area contributed by atoms with Crippen molar-refractivity contribution in [3.8, 4) is 11.5 Å². The quantitative estimate of drug-likeness (QED) is 0.222. The van der Waals surface area contributed by atoms with Gasteiger partial charge >= 0.3 is 5.97 Å². The molecule has 9 heteroatoms. The van der Waals surface area contributed by atoms with Crippen LogP contribution in [-0.4, -0.2) is 70.7 Å². The monoisotopic (exact) mass is 546 g/mol. The second-order valence-corrected chi connectivity index (χ2v) is 10.6. The molecule has 3 fully saturated rings. The van der Waals surface area contributed by atoms with Crippen LogP contribution in [0.2, 0.25) is 0 Å². The number of piperidine rings is 3. The number of hydrogen-bond donors (Lipinski definition) is 4. The minimum absolute atomic E-state index is 0.000904. The summed E-state index contributed by atoms with van der Waals surface area (Å²) in [5.74, 6) is 1.29. The lowest BCUT2D eigenvalue weighted by atomic mass is 9.84. The van der Waals surface area contributed by atoms with E-state index in [4.69, 9.17) is 14.6 Å². The van der Waals surface area contributed by atoms with E-state index in [0.717, 1.165) is 52.7 Å². The molecule has 7 rings (SSSR count). The number of fused-ring (bicyclic) bond motifs is 5. The molecule has 1 atom stereocenters. The van der Waals surface area contributed by atoms with E-state index >= 15 is 0 Å². The van der Waals surface area contributed by atoms with Crippen LogP contribution in [0.1, 0.15) is 60.5 Å². The van der Waals surface area contributed by atoms with Crippen LogP contribution in [0.25, 0.3) is 21.8 Å². The molecular formula is C31H38N4O5. The van der Waals surface area contributed by atoms with Gasteiger partial charge in [0, 0.05) is 46.5 Å². The number of amides is 1. The molecule has 3 aliphatic rings. The zero-order valence-electron chi connectivity index (χ0n) is 23.2. The third-order valence-electron chi connectivity index (χ3n) is 7.58. The Morgan fingerprint density at radius 1 is 0.875 bits per heavy atom. The summed E-state index contributed by atoms with van der Waals surface area (Å²) in [5.41, 5.74) is 2.56. The molecular weight excluding hydrogens is 508 g/mol. The van der Waals surface area contributed by atoms with Gasteiger partial charge in [-0.25, -0.2) is 4.79 Å². The number of rotatable bonds is 9. The van der Waals surface area contributed by atoms with Crippen molar-refractivity contribution in [2.45, 2.75) is 45.6 Å². The van der Waals surface area contributed by atoms with Gasteiger partial charge in [-0.1, -0.05) is 13.8 Å². The second-order valence-electron chi connectivity index (χ2n) is 10.6. The molecule has 9 nitrogen and oxygen atoms in total. The van der Waals surface area contributed by atoms with Crippen molar-refractivity contribution < 1.29 is 24.2 Å². The molecule has 1 amide bonds. The van der Waals surface area contributed by atoms with Crippen molar-refractivity contribution in [1.82, 2.24) is 20.2 Å². The molecule has 212 valence electrons. The first-order valence-corrected chi connectivity index (χ1v) is 14.2. The van der Waals surface area contributed by atoms with Gasteiger partial charge in [-0.05, 0) is 81.1 Å². The number of aromatic amines is 2. The number of nitrogens with one attached hydrogen (secondary N) is 3. The number of carboxylic acid groups (broad SMARTS) is 1. The van der Waals surface area contributed by atoms with E-state index in [0.29, 0.717) is 24.8 Å². The molecule has 4 aromatic rings. The van der Waals surface area contributed by atoms with Crippen LogP contribution in [0, 0.1) is 5.92 Å². The summed E-state index contributed by atoms with van der Waals surface area (Å²) < 4.78 is 11.1. The SMILES string of the molecule is CCCOc1ccc2cc(C(=O)NC3CN4CCC3CC4)[nH]c2c1.CCCOc1ccc2cc(C(=O)O)[nH]c2c1. The van der Waals surface area contributed by atoms with Gasteiger partial charge in [0.1, 0.15) is 22.9 Å². The molecule has 2 aromatic heterocycles. The van der Waals surface area contributed by atoms with Crippen LogP contribution in [0.5, 0.6) is 11.5 Å². The van der Waals surface area contributed by atoms with E-state index in [2.05, 4.69) is 27.1 Å². The van der Waals surface area contributed by atoms with Crippen molar-refractivity contribution in [2.24, 2.45) is 5.92 Å². The number of hydrogen-bond acceptors (Lipinski definition) is 5. The van der Waals surface area contributed by atoms with E-state index in [-0.39, 0.29) is 17.6 Å². The first-order chi connectivity index (χ1) is 19.4. The topological polar surface area (TPSA) is 120 Å². The van der Waals surface area contributed by atoms with Gasteiger partial charge in [0.25, 0.3) is 5.91 Å².